The molecule has 0 aliphatic rings. The highest BCUT2D eigenvalue weighted by atomic mass is 14.8. The van der Waals surface area contributed by atoms with Crippen LogP contribution in [0.5, 0.6) is 0 Å². The van der Waals surface area contributed by atoms with Gasteiger partial charge < -0.3 is 0 Å². The molecular formula is C22H18N4. The minimum Gasteiger partial charge on any atom is -0.237 e. The van der Waals surface area contributed by atoms with Crippen molar-refractivity contribution in [3.63, 3.8) is 0 Å². The van der Waals surface area contributed by atoms with Crippen LogP contribution < -0.4 is 0 Å². The summed E-state index contributed by atoms with van der Waals surface area (Å²) in [4.78, 5) is 8.89. The van der Waals surface area contributed by atoms with E-state index in [1.54, 1.807) is 0 Å². The van der Waals surface area contributed by atoms with Crippen LogP contribution in [0.15, 0.2) is 60.7 Å². The third kappa shape index (κ3) is 4.32. The Labute approximate surface area is 153 Å². The predicted octanol–water partition coefficient (Wildman–Crippen LogP) is 3.79. The Morgan fingerprint density at radius 2 is 0.962 bits per heavy atom. The van der Waals surface area contributed by atoms with Gasteiger partial charge in [-0.15, -0.1) is 0 Å². The zero-order valence-electron chi connectivity index (χ0n) is 14.4. The van der Waals surface area contributed by atoms with Crippen molar-refractivity contribution in [3.8, 4) is 12.1 Å². The van der Waals surface area contributed by atoms with Gasteiger partial charge >= 0.3 is 0 Å². The van der Waals surface area contributed by atoms with Crippen LogP contribution in [-0.2, 0) is 25.7 Å². The number of rotatable bonds is 6. The van der Waals surface area contributed by atoms with Crippen LogP contribution in [0, 0.1) is 22.7 Å². The first-order chi connectivity index (χ1) is 12.8. The number of hydrogen-bond donors (Lipinski definition) is 0. The van der Waals surface area contributed by atoms with E-state index >= 15 is 0 Å². The molecule has 2 aromatic carbocycles. The summed E-state index contributed by atoms with van der Waals surface area (Å²) in [7, 11) is 0. The van der Waals surface area contributed by atoms with Crippen molar-refractivity contribution < 1.29 is 0 Å². The van der Waals surface area contributed by atoms with Crippen LogP contribution in [0.3, 0.4) is 0 Å². The Kier molecular flexibility index (Phi) is 5.70. The topological polar surface area (TPSA) is 73.4 Å². The molecule has 4 nitrogen and oxygen atoms in total. The van der Waals surface area contributed by atoms with Gasteiger partial charge in [0.05, 0.1) is 11.4 Å². The first-order valence-electron chi connectivity index (χ1n) is 8.58. The summed E-state index contributed by atoms with van der Waals surface area (Å²) in [5, 5.41) is 18.5. The van der Waals surface area contributed by atoms with Gasteiger partial charge in [0.15, 0.2) is 11.4 Å². The molecule has 0 unspecified atom stereocenters. The van der Waals surface area contributed by atoms with E-state index in [2.05, 4.69) is 34.2 Å². The van der Waals surface area contributed by atoms with E-state index in [4.69, 9.17) is 0 Å². The van der Waals surface area contributed by atoms with Crippen molar-refractivity contribution in [2.45, 2.75) is 25.7 Å². The maximum absolute atomic E-state index is 9.25. The highest BCUT2D eigenvalue weighted by molar-refractivity contribution is 5.38. The maximum atomic E-state index is 9.25. The van der Waals surface area contributed by atoms with Gasteiger partial charge in [-0.1, -0.05) is 60.7 Å². The molecule has 3 rings (SSSR count). The molecule has 126 valence electrons. The molecule has 0 N–H and O–H groups in total. The SMILES string of the molecule is N#Cc1nc(CCc2ccccc2)c(CCc2ccccc2)nc1C#N. The van der Waals surface area contributed by atoms with Crippen molar-refractivity contribution in [1.82, 2.24) is 9.97 Å². The van der Waals surface area contributed by atoms with Gasteiger partial charge in [0.1, 0.15) is 12.1 Å². The van der Waals surface area contributed by atoms with E-state index in [0.29, 0.717) is 12.8 Å². The smallest absolute Gasteiger partial charge is 0.177 e. The Bertz CT molecular complexity index is 871. The first kappa shape index (κ1) is 17.3. The summed E-state index contributed by atoms with van der Waals surface area (Å²) < 4.78 is 0. The van der Waals surface area contributed by atoms with E-state index in [1.807, 2.05) is 48.5 Å². The lowest BCUT2D eigenvalue weighted by molar-refractivity contribution is 0.811. The van der Waals surface area contributed by atoms with Gasteiger partial charge in [0.2, 0.25) is 0 Å². The van der Waals surface area contributed by atoms with Gasteiger partial charge in [-0.2, -0.15) is 10.5 Å². The fourth-order valence-electron chi connectivity index (χ4n) is 2.88. The Morgan fingerprint density at radius 1 is 0.577 bits per heavy atom. The third-order valence-electron chi connectivity index (χ3n) is 4.25. The molecule has 0 fully saturated rings. The molecule has 1 aromatic heterocycles. The molecule has 0 saturated carbocycles. The minimum absolute atomic E-state index is 0.110. The Balaban J connectivity index is 1.85. The minimum atomic E-state index is 0.110. The van der Waals surface area contributed by atoms with Crippen LogP contribution in [0.4, 0.5) is 0 Å². The second-order valence-corrected chi connectivity index (χ2v) is 6.01. The number of aromatic nitrogens is 2. The average Bonchev–Trinajstić information content (AvgIpc) is 2.72. The van der Waals surface area contributed by atoms with Crippen molar-refractivity contribution in [2.24, 2.45) is 0 Å². The van der Waals surface area contributed by atoms with Crippen LogP contribution in [0.1, 0.15) is 33.9 Å². The van der Waals surface area contributed by atoms with Crippen LogP contribution in [0.2, 0.25) is 0 Å². The lowest BCUT2D eigenvalue weighted by Gasteiger charge is -2.10. The monoisotopic (exact) mass is 338 g/mol. The molecule has 0 aliphatic carbocycles. The van der Waals surface area contributed by atoms with Crippen molar-refractivity contribution in [1.29, 1.82) is 10.5 Å². The number of benzene rings is 2. The van der Waals surface area contributed by atoms with Gasteiger partial charge in [-0.25, -0.2) is 9.97 Å². The molecule has 0 spiro atoms. The van der Waals surface area contributed by atoms with E-state index in [0.717, 1.165) is 24.2 Å². The third-order valence-corrected chi connectivity index (χ3v) is 4.25. The van der Waals surface area contributed by atoms with E-state index in [9.17, 15) is 10.5 Å². The largest absolute Gasteiger partial charge is 0.237 e. The Morgan fingerprint density at radius 3 is 1.31 bits per heavy atom. The second kappa shape index (κ2) is 8.55. The molecule has 3 aromatic rings. The summed E-state index contributed by atoms with van der Waals surface area (Å²) in [6, 6.07) is 24.3. The molecule has 0 aliphatic heterocycles. The van der Waals surface area contributed by atoms with Gasteiger partial charge in [-0.3, -0.25) is 0 Å². The van der Waals surface area contributed by atoms with Gasteiger partial charge in [0, 0.05) is 0 Å². The molecule has 0 amide bonds. The van der Waals surface area contributed by atoms with E-state index in [-0.39, 0.29) is 11.4 Å². The number of nitriles is 2. The summed E-state index contributed by atoms with van der Waals surface area (Å²) in [6.07, 6.45) is 3.04. The molecule has 0 radical (unpaired) electrons. The standard InChI is InChI=1S/C22H18N4/c23-15-21-22(16-24)26-20(14-12-18-9-5-2-6-10-18)19(25-21)13-11-17-7-3-1-4-8-17/h1-10H,11-14H2. The first-order valence-corrected chi connectivity index (χ1v) is 8.58. The summed E-state index contributed by atoms with van der Waals surface area (Å²) in [6.45, 7) is 0. The van der Waals surface area contributed by atoms with Crippen LogP contribution in [-0.4, -0.2) is 9.97 Å². The fraction of sp³-hybridized carbons (Fsp3) is 0.182. The summed E-state index contributed by atoms with van der Waals surface area (Å²) >= 11 is 0. The normalized spacial score (nSPS) is 10.1. The quantitative estimate of drug-likeness (QED) is 0.685. The predicted molar refractivity (Wildman–Crippen MR) is 99.2 cm³/mol. The highest BCUT2D eigenvalue weighted by Crippen LogP contribution is 2.15. The van der Waals surface area contributed by atoms with Crippen molar-refractivity contribution in [2.75, 3.05) is 0 Å². The van der Waals surface area contributed by atoms with Gasteiger partial charge in [0.25, 0.3) is 0 Å². The van der Waals surface area contributed by atoms with Crippen LogP contribution >= 0.6 is 0 Å². The molecule has 1 heterocycles. The zero-order chi connectivity index (χ0) is 18.2. The number of aryl methyl sites for hydroxylation is 4. The number of nitrogens with zero attached hydrogens (tertiary/aromatic N) is 4. The molecular weight excluding hydrogens is 320 g/mol. The van der Waals surface area contributed by atoms with Crippen molar-refractivity contribution in [3.05, 3.63) is 94.6 Å². The summed E-state index contributed by atoms with van der Waals surface area (Å²) in [5.41, 5.74) is 4.26. The maximum Gasteiger partial charge on any atom is 0.177 e. The Hall–Kier alpha value is -3.50. The van der Waals surface area contributed by atoms with Crippen LogP contribution in [0.25, 0.3) is 0 Å². The molecule has 26 heavy (non-hydrogen) atoms. The number of hydrogen-bond acceptors (Lipinski definition) is 4. The highest BCUT2D eigenvalue weighted by Gasteiger charge is 2.14. The molecule has 0 atom stereocenters. The fourth-order valence-corrected chi connectivity index (χ4v) is 2.88. The molecule has 4 heteroatoms. The van der Waals surface area contributed by atoms with Gasteiger partial charge in [-0.05, 0) is 36.8 Å². The molecule has 0 saturated heterocycles. The zero-order valence-corrected chi connectivity index (χ0v) is 14.4. The lowest BCUT2D eigenvalue weighted by atomic mass is 10.0. The van der Waals surface area contributed by atoms with E-state index in [1.165, 1.54) is 11.1 Å². The average molecular weight is 338 g/mol. The van der Waals surface area contributed by atoms with Crippen molar-refractivity contribution >= 4 is 0 Å². The second-order valence-electron chi connectivity index (χ2n) is 6.01. The lowest BCUT2D eigenvalue weighted by Crippen LogP contribution is -2.09. The molecule has 0 bridgehead atoms. The summed E-state index contributed by atoms with van der Waals surface area (Å²) in [5.74, 6) is 0. The van der Waals surface area contributed by atoms with E-state index < -0.39 is 0 Å².